The average Bonchev–Trinajstić information content (AvgIpc) is 2.70. The third-order valence-corrected chi connectivity index (χ3v) is 5.84. The highest BCUT2D eigenvalue weighted by Gasteiger charge is 2.28. The molecule has 0 aromatic heterocycles. The molecular weight excluding hydrogens is 524 g/mol. The molecule has 2 aromatic rings. The first kappa shape index (κ1) is 25.4. The van der Waals surface area contributed by atoms with E-state index in [0.717, 1.165) is 20.9 Å². The summed E-state index contributed by atoms with van der Waals surface area (Å²) in [5.74, 6) is 0.137. The summed E-state index contributed by atoms with van der Waals surface area (Å²) in [6, 6.07) is 12.9. The van der Waals surface area contributed by atoms with E-state index in [9.17, 15) is 9.59 Å². The van der Waals surface area contributed by atoms with Crippen LogP contribution in [0.1, 0.15) is 45.7 Å². The molecule has 0 aliphatic rings. The average molecular weight is 554 g/mol. The van der Waals surface area contributed by atoms with Crippen molar-refractivity contribution in [1.82, 2.24) is 10.2 Å². The maximum absolute atomic E-state index is 13.1. The topological polar surface area (TPSA) is 58.6 Å². The maximum atomic E-state index is 13.1. The van der Waals surface area contributed by atoms with E-state index in [2.05, 4.69) is 44.1 Å². The maximum Gasteiger partial charge on any atom is 0.261 e. The summed E-state index contributed by atoms with van der Waals surface area (Å²) in [7, 11) is 0. The van der Waals surface area contributed by atoms with Gasteiger partial charge in [0.25, 0.3) is 5.91 Å². The smallest absolute Gasteiger partial charge is 0.261 e. The van der Waals surface area contributed by atoms with Crippen LogP contribution in [0.3, 0.4) is 0 Å². The van der Waals surface area contributed by atoms with Crippen LogP contribution in [0.2, 0.25) is 0 Å². The Morgan fingerprint density at radius 2 is 1.68 bits per heavy atom. The highest BCUT2D eigenvalue weighted by Crippen LogP contribution is 2.26. The van der Waals surface area contributed by atoms with E-state index in [1.165, 1.54) is 5.56 Å². The molecule has 0 aliphatic carbocycles. The third kappa shape index (κ3) is 7.96. The van der Waals surface area contributed by atoms with Gasteiger partial charge in [0.15, 0.2) is 6.61 Å². The Hall–Kier alpha value is -1.86. The molecule has 7 heteroatoms. The number of hydrogen-bond acceptors (Lipinski definition) is 3. The van der Waals surface area contributed by atoms with Crippen LogP contribution in [0.5, 0.6) is 5.75 Å². The van der Waals surface area contributed by atoms with E-state index >= 15 is 0 Å². The van der Waals surface area contributed by atoms with E-state index in [4.69, 9.17) is 4.74 Å². The molecule has 168 valence electrons. The fourth-order valence-electron chi connectivity index (χ4n) is 2.95. The van der Waals surface area contributed by atoms with Crippen molar-refractivity contribution in [1.29, 1.82) is 0 Å². The van der Waals surface area contributed by atoms with Crippen molar-refractivity contribution >= 4 is 43.7 Å². The van der Waals surface area contributed by atoms with Gasteiger partial charge in [-0.25, -0.2) is 0 Å². The number of amides is 2. The minimum Gasteiger partial charge on any atom is -0.483 e. The number of nitrogens with one attached hydrogen (secondary N) is 1. The summed E-state index contributed by atoms with van der Waals surface area (Å²) >= 11 is 6.93. The molecular formula is C24H30Br2N2O3. The van der Waals surface area contributed by atoms with E-state index in [0.29, 0.717) is 12.3 Å². The van der Waals surface area contributed by atoms with Gasteiger partial charge in [-0.15, -0.1) is 0 Å². The summed E-state index contributed by atoms with van der Waals surface area (Å²) in [5.41, 5.74) is 1.72. The number of carbonyl (C=O) groups excluding carboxylic acids is 2. The van der Waals surface area contributed by atoms with E-state index in [-0.39, 0.29) is 24.0 Å². The number of halogens is 2. The van der Waals surface area contributed by atoms with E-state index in [1.54, 1.807) is 11.8 Å². The monoisotopic (exact) mass is 552 g/mol. The summed E-state index contributed by atoms with van der Waals surface area (Å²) in [5, 5.41) is 2.96. The number of aryl methyl sites for hydroxylation is 1. The molecule has 2 rings (SSSR count). The van der Waals surface area contributed by atoms with Gasteiger partial charge in [0.2, 0.25) is 5.91 Å². The van der Waals surface area contributed by atoms with Crippen molar-refractivity contribution in [3.8, 4) is 5.75 Å². The van der Waals surface area contributed by atoms with Crippen LogP contribution in [0, 0.1) is 0 Å². The van der Waals surface area contributed by atoms with Crippen LogP contribution >= 0.6 is 31.9 Å². The normalized spacial score (nSPS) is 12.2. The number of nitrogens with zero attached hydrogens (tertiary/aromatic N) is 1. The van der Waals surface area contributed by atoms with Gasteiger partial charge < -0.3 is 15.0 Å². The first-order valence-electron chi connectivity index (χ1n) is 10.3. The van der Waals surface area contributed by atoms with Crippen LogP contribution in [0.15, 0.2) is 51.4 Å². The number of rotatable bonds is 8. The Balaban J connectivity index is 2.18. The molecule has 0 unspecified atom stereocenters. The lowest BCUT2D eigenvalue weighted by Crippen LogP contribution is -2.53. The van der Waals surface area contributed by atoms with Gasteiger partial charge >= 0.3 is 0 Å². The van der Waals surface area contributed by atoms with Gasteiger partial charge in [-0.1, -0.05) is 41.1 Å². The summed E-state index contributed by atoms with van der Waals surface area (Å²) in [4.78, 5) is 27.5. The van der Waals surface area contributed by atoms with Crippen molar-refractivity contribution in [3.05, 3.63) is 62.5 Å². The fourth-order valence-corrected chi connectivity index (χ4v) is 3.75. The van der Waals surface area contributed by atoms with Gasteiger partial charge in [-0.2, -0.15) is 0 Å². The van der Waals surface area contributed by atoms with Crippen molar-refractivity contribution in [3.63, 3.8) is 0 Å². The minimum atomic E-state index is -0.648. The van der Waals surface area contributed by atoms with Gasteiger partial charge in [-0.3, -0.25) is 9.59 Å². The second-order valence-corrected chi connectivity index (χ2v) is 10.2. The molecule has 0 bridgehead atoms. The molecule has 0 radical (unpaired) electrons. The Morgan fingerprint density at radius 3 is 2.23 bits per heavy atom. The van der Waals surface area contributed by atoms with Crippen LogP contribution in [-0.4, -0.2) is 34.9 Å². The third-order valence-electron chi connectivity index (χ3n) is 4.69. The molecule has 5 nitrogen and oxygen atoms in total. The number of ether oxygens (including phenoxy) is 1. The molecule has 1 N–H and O–H groups in total. The number of benzene rings is 2. The molecule has 0 saturated heterocycles. The van der Waals surface area contributed by atoms with Gasteiger partial charge in [0.1, 0.15) is 11.8 Å². The molecule has 31 heavy (non-hydrogen) atoms. The van der Waals surface area contributed by atoms with Gasteiger partial charge in [0.05, 0.1) is 4.47 Å². The summed E-state index contributed by atoms with van der Waals surface area (Å²) in [6.45, 7) is 9.72. The second-order valence-electron chi connectivity index (χ2n) is 8.47. The first-order valence-corrected chi connectivity index (χ1v) is 11.9. The predicted molar refractivity (Wildman–Crippen MR) is 131 cm³/mol. The van der Waals surface area contributed by atoms with E-state index < -0.39 is 6.04 Å². The molecule has 0 saturated carbocycles. The Labute approximate surface area is 201 Å². The lowest BCUT2D eigenvalue weighted by Gasteiger charge is -2.31. The van der Waals surface area contributed by atoms with Crippen LogP contribution in [-0.2, 0) is 22.6 Å². The Kier molecular flexibility index (Phi) is 9.13. The van der Waals surface area contributed by atoms with E-state index in [1.807, 2.05) is 63.2 Å². The molecule has 0 fully saturated rings. The zero-order valence-corrected chi connectivity index (χ0v) is 21.8. The number of carbonyl (C=O) groups is 2. The van der Waals surface area contributed by atoms with Crippen molar-refractivity contribution < 1.29 is 14.3 Å². The predicted octanol–water partition coefficient (Wildman–Crippen LogP) is 5.48. The quantitative estimate of drug-likeness (QED) is 0.470. The highest BCUT2D eigenvalue weighted by molar-refractivity contribution is 9.10. The fraction of sp³-hybridized carbons (Fsp3) is 0.417. The van der Waals surface area contributed by atoms with Crippen molar-refractivity contribution in [2.75, 3.05) is 6.61 Å². The lowest BCUT2D eigenvalue weighted by atomic mass is 10.1. The van der Waals surface area contributed by atoms with Crippen molar-refractivity contribution in [2.45, 2.75) is 59.2 Å². The SMILES string of the molecule is CCc1ccc(OCC(=O)N(Cc2ccc(Br)cc2)[C@H](C)C(=O)NC(C)(C)C)c(Br)c1. The van der Waals surface area contributed by atoms with Crippen molar-refractivity contribution in [2.24, 2.45) is 0 Å². The van der Waals surface area contributed by atoms with Gasteiger partial charge in [-0.05, 0) is 85.4 Å². The molecule has 2 aromatic carbocycles. The first-order chi connectivity index (χ1) is 14.5. The Bertz CT molecular complexity index is 908. The lowest BCUT2D eigenvalue weighted by molar-refractivity contribution is -0.142. The zero-order chi connectivity index (χ0) is 23.2. The molecule has 2 amide bonds. The minimum absolute atomic E-state index is 0.159. The standard InChI is InChI=1S/C24H30Br2N2O3/c1-6-17-9-12-21(20(26)13-17)31-15-22(29)28(14-18-7-10-19(25)11-8-18)16(2)23(30)27-24(3,4)5/h7-13,16H,6,14-15H2,1-5H3,(H,27,30)/t16-/m1/s1. The highest BCUT2D eigenvalue weighted by atomic mass is 79.9. The summed E-state index contributed by atoms with van der Waals surface area (Å²) < 4.78 is 7.55. The molecule has 0 heterocycles. The number of hydrogen-bond donors (Lipinski definition) is 1. The molecule has 1 atom stereocenters. The second kappa shape index (κ2) is 11.1. The van der Waals surface area contributed by atoms with Crippen LogP contribution in [0.25, 0.3) is 0 Å². The summed E-state index contributed by atoms with van der Waals surface area (Å²) in [6.07, 6.45) is 0.916. The largest absolute Gasteiger partial charge is 0.483 e. The molecule has 0 spiro atoms. The van der Waals surface area contributed by atoms with Crippen LogP contribution < -0.4 is 10.1 Å². The van der Waals surface area contributed by atoms with Gasteiger partial charge in [0, 0.05) is 16.6 Å². The Morgan fingerprint density at radius 1 is 1.06 bits per heavy atom. The molecule has 0 aliphatic heterocycles. The van der Waals surface area contributed by atoms with Crippen LogP contribution in [0.4, 0.5) is 0 Å². The zero-order valence-electron chi connectivity index (χ0n) is 18.7.